The minimum absolute atomic E-state index is 0.0186. The lowest BCUT2D eigenvalue weighted by atomic mass is 9.94. The van der Waals surface area contributed by atoms with Crippen molar-refractivity contribution in [3.05, 3.63) is 89.0 Å². The van der Waals surface area contributed by atoms with Crippen LogP contribution in [0.3, 0.4) is 0 Å². The van der Waals surface area contributed by atoms with Crippen molar-refractivity contribution in [2.75, 3.05) is 11.7 Å². The van der Waals surface area contributed by atoms with E-state index in [4.69, 9.17) is 9.47 Å². The Morgan fingerprint density at radius 3 is 2.68 bits per heavy atom. The molecule has 1 saturated heterocycles. The molecule has 2 aliphatic rings. The molecule has 34 heavy (non-hydrogen) atoms. The zero-order valence-corrected chi connectivity index (χ0v) is 18.1. The van der Waals surface area contributed by atoms with Crippen molar-refractivity contribution in [3.63, 3.8) is 0 Å². The number of carbonyl (C=O) groups excluding carboxylic acids is 2. The summed E-state index contributed by atoms with van der Waals surface area (Å²) in [5, 5.41) is 11.3. The molecule has 1 amide bonds. The third-order valence-electron chi connectivity index (χ3n) is 6.05. The Morgan fingerprint density at radius 1 is 1.03 bits per heavy atom. The monoisotopic (exact) mass is 453 g/mol. The van der Waals surface area contributed by atoms with Crippen LogP contribution in [0.5, 0.6) is 11.5 Å². The number of ketones is 1. The molecular weight excluding hydrogens is 434 g/mol. The van der Waals surface area contributed by atoms with Gasteiger partial charge in [-0.15, -0.1) is 0 Å². The van der Waals surface area contributed by atoms with Gasteiger partial charge in [0.25, 0.3) is 5.78 Å². The van der Waals surface area contributed by atoms with Gasteiger partial charge >= 0.3 is 5.91 Å². The third-order valence-corrected chi connectivity index (χ3v) is 6.05. The van der Waals surface area contributed by atoms with E-state index in [0.29, 0.717) is 28.1 Å². The second-order valence-electron chi connectivity index (χ2n) is 8.23. The minimum atomic E-state index is -0.870. The van der Waals surface area contributed by atoms with Crippen molar-refractivity contribution >= 4 is 34.4 Å². The number of Topliss-reactive ketones (excluding diaryl/α,β-unsaturated/α-hetero) is 1. The predicted octanol–water partition coefficient (Wildman–Crippen LogP) is 4.23. The van der Waals surface area contributed by atoms with Crippen LogP contribution in [0.15, 0.2) is 72.3 Å². The number of aromatic amines is 1. The van der Waals surface area contributed by atoms with E-state index >= 15 is 0 Å². The predicted molar refractivity (Wildman–Crippen MR) is 125 cm³/mol. The number of amides is 1. The maximum absolute atomic E-state index is 13.3. The number of nitrogens with zero attached hydrogens (tertiary/aromatic N) is 2. The minimum Gasteiger partial charge on any atom is -0.507 e. The highest BCUT2D eigenvalue weighted by Gasteiger charge is 2.48. The van der Waals surface area contributed by atoms with Crippen LogP contribution in [0.4, 0.5) is 5.95 Å². The lowest BCUT2D eigenvalue weighted by Crippen LogP contribution is -2.30. The van der Waals surface area contributed by atoms with Crippen LogP contribution in [0.1, 0.15) is 22.7 Å². The van der Waals surface area contributed by atoms with Gasteiger partial charge in [-0.05, 0) is 42.8 Å². The summed E-state index contributed by atoms with van der Waals surface area (Å²) in [4.78, 5) is 35.6. The number of anilines is 1. The van der Waals surface area contributed by atoms with Gasteiger partial charge in [-0.3, -0.25) is 14.5 Å². The van der Waals surface area contributed by atoms with Crippen LogP contribution >= 0.6 is 0 Å². The number of para-hydroxylation sites is 2. The molecule has 1 atom stereocenters. The molecule has 3 aromatic carbocycles. The van der Waals surface area contributed by atoms with E-state index in [1.807, 2.05) is 55.5 Å². The van der Waals surface area contributed by atoms with E-state index in [0.717, 1.165) is 11.1 Å². The van der Waals surface area contributed by atoms with Crippen molar-refractivity contribution < 1.29 is 24.2 Å². The molecule has 0 spiro atoms. The molecule has 1 aromatic heterocycles. The highest BCUT2D eigenvalue weighted by atomic mass is 16.7. The van der Waals surface area contributed by atoms with Crippen LogP contribution in [0.25, 0.3) is 16.8 Å². The van der Waals surface area contributed by atoms with Crippen LogP contribution in [0.2, 0.25) is 0 Å². The summed E-state index contributed by atoms with van der Waals surface area (Å²) >= 11 is 0. The number of imidazole rings is 1. The molecule has 3 heterocycles. The number of hydrogen-bond donors (Lipinski definition) is 2. The number of aromatic nitrogens is 2. The van der Waals surface area contributed by atoms with Crippen LogP contribution in [-0.2, 0) is 9.59 Å². The number of ether oxygens (including phenoxy) is 2. The lowest BCUT2D eigenvalue weighted by molar-refractivity contribution is -0.132. The summed E-state index contributed by atoms with van der Waals surface area (Å²) < 4.78 is 10.8. The molecule has 168 valence electrons. The van der Waals surface area contributed by atoms with E-state index in [2.05, 4.69) is 9.97 Å². The summed E-state index contributed by atoms with van der Waals surface area (Å²) in [7, 11) is 0. The van der Waals surface area contributed by atoms with Gasteiger partial charge < -0.3 is 19.6 Å². The highest BCUT2D eigenvalue weighted by molar-refractivity contribution is 6.51. The average Bonchev–Trinajstić information content (AvgIpc) is 3.54. The van der Waals surface area contributed by atoms with Gasteiger partial charge in [-0.2, -0.15) is 0 Å². The zero-order chi connectivity index (χ0) is 23.4. The smallest absolute Gasteiger partial charge is 0.302 e. The molecule has 1 unspecified atom stereocenters. The van der Waals surface area contributed by atoms with Gasteiger partial charge in [0, 0.05) is 5.56 Å². The zero-order valence-electron chi connectivity index (χ0n) is 18.1. The Hall–Kier alpha value is -4.59. The first-order valence-electron chi connectivity index (χ1n) is 10.7. The van der Waals surface area contributed by atoms with Gasteiger partial charge in [0.15, 0.2) is 11.5 Å². The Labute approximate surface area is 194 Å². The number of hydrogen-bond acceptors (Lipinski definition) is 6. The van der Waals surface area contributed by atoms with Crippen molar-refractivity contribution in [1.29, 1.82) is 0 Å². The Balaban J connectivity index is 1.56. The highest BCUT2D eigenvalue weighted by Crippen LogP contribution is 2.43. The van der Waals surface area contributed by atoms with E-state index < -0.39 is 17.7 Å². The molecule has 2 aliphatic heterocycles. The van der Waals surface area contributed by atoms with Crippen LogP contribution in [-0.4, -0.2) is 33.6 Å². The number of fused-ring (bicyclic) bond motifs is 2. The number of aryl methyl sites for hydroxylation is 1. The molecule has 8 heteroatoms. The number of carbonyl (C=O) groups is 2. The van der Waals surface area contributed by atoms with Crippen LogP contribution < -0.4 is 14.4 Å². The van der Waals surface area contributed by atoms with Gasteiger partial charge in [0.2, 0.25) is 12.7 Å². The molecule has 8 nitrogen and oxygen atoms in total. The summed E-state index contributed by atoms with van der Waals surface area (Å²) in [6.45, 7) is 2.01. The molecule has 0 bridgehead atoms. The summed E-state index contributed by atoms with van der Waals surface area (Å²) in [6.07, 6.45) is 0. The third kappa shape index (κ3) is 3.03. The SMILES string of the molecule is Cc1cccc(C2/C(=C(\O)c3ccc4c(c3)OCO4)C(=O)C(=O)N2c2nc3ccccc3[nH]2)c1. The number of aliphatic hydroxyl groups is 1. The normalized spacial score (nSPS) is 18.7. The largest absolute Gasteiger partial charge is 0.507 e. The van der Waals surface area contributed by atoms with E-state index in [-0.39, 0.29) is 24.1 Å². The van der Waals surface area contributed by atoms with Gasteiger partial charge in [0.1, 0.15) is 5.76 Å². The maximum atomic E-state index is 13.3. The van der Waals surface area contributed by atoms with Gasteiger partial charge in [-0.1, -0.05) is 42.0 Å². The quantitative estimate of drug-likeness (QED) is 0.273. The fourth-order valence-corrected chi connectivity index (χ4v) is 4.46. The Bertz CT molecular complexity index is 1490. The second kappa shape index (κ2) is 7.48. The molecule has 2 N–H and O–H groups in total. The maximum Gasteiger partial charge on any atom is 0.302 e. The number of rotatable bonds is 3. The fourth-order valence-electron chi connectivity index (χ4n) is 4.46. The van der Waals surface area contributed by atoms with Gasteiger partial charge in [-0.25, -0.2) is 4.98 Å². The Morgan fingerprint density at radius 2 is 1.85 bits per heavy atom. The molecule has 0 saturated carbocycles. The van der Waals surface area contributed by atoms with E-state index in [9.17, 15) is 14.7 Å². The number of H-pyrrole nitrogens is 1. The van der Waals surface area contributed by atoms with Crippen molar-refractivity contribution in [3.8, 4) is 11.5 Å². The van der Waals surface area contributed by atoms with Crippen LogP contribution in [0, 0.1) is 6.92 Å². The van der Waals surface area contributed by atoms with E-state index in [1.165, 1.54) is 4.90 Å². The number of nitrogens with one attached hydrogen (secondary N) is 1. The van der Waals surface area contributed by atoms with E-state index in [1.54, 1.807) is 18.2 Å². The lowest BCUT2D eigenvalue weighted by Gasteiger charge is -2.23. The molecular formula is C26H19N3O5. The first kappa shape index (κ1) is 20.0. The molecule has 1 fully saturated rings. The van der Waals surface area contributed by atoms with Crippen molar-refractivity contribution in [1.82, 2.24) is 9.97 Å². The summed E-state index contributed by atoms with van der Waals surface area (Å²) in [6, 6.07) is 18.9. The standard InChI is InChI=1S/C26H19N3O5/c1-14-5-4-6-15(11-14)22-21(23(30)16-9-10-19-20(12-16)34-13-33-19)24(31)25(32)29(22)26-27-17-7-2-3-8-18(17)28-26/h2-12,22,30H,13H2,1H3,(H,27,28)/b23-21+. The van der Waals surface area contributed by atoms with Crippen molar-refractivity contribution in [2.45, 2.75) is 13.0 Å². The topological polar surface area (TPSA) is 105 Å². The Kier molecular flexibility index (Phi) is 4.41. The molecule has 6 rings (SSSR count). The van der Waals surface area contributed by atoms with Crippen molar-refractivity contribution in [2.24, 2.45) is 0 Å². The molecule has 0 radical (unpaired) electrons. The first-order valence-corrected chi connectivity index (χ1v) is 10.7. The van der Waals surface area contributed by atoms with Gasteiger partial charge in [0.05, 0.1) is 22.6 Å². The molecule has 0 aliphatic carbocycles. The summed E-state index contributed by atoms with van der Waals surface area (Å²) in [5.74, 6) is -0.603. The number of aliphatic hydroxyl groups excluding tert-OH is 1. The first-order chi connectivity index (χ1) is 16.5. The second-order valence-corrected chi connectivity index (χ2v) is 8.23. The molecule has 4 aromatic rings. The fraction of sp³-hybridized carbons (Fsp3) is 0.115. The number of benzene rings is 3. The average molecular weight is 453 g/mol. The summed E-state index contributed by atoms with van der Waals surface area (Å²) in [5.41, 5.74) is 3.37.